The van der Waals surface area contributed by atoms with Gasteiger partial charge in [-0.05, 0) is 114 Å². The Morgan fingerprint density at radius 2 is 0.909 bits per heavy atom. The molecule has 0 aliphatic rings. The Labute approximate surface area is 337 Å². The molecule has 0 saturated carbocycles. The summed E-state index contributed by atoms with van der Waals surface area (Å²) >= 11 is 0. The number of hydrogen-bond acceptors (Lipinski definition) is 9. The molecule has 0 rings (SSSR count). The highest BCUT2D eigenvalue weighted by atomic mass is 16.6. The van der Waals surface area contributed by atoms with Crippen molar-refractivity contribution >= 4 is 23.9 Å². The van der Waals surface area contributed by atoms with Gasteiger partial charge in [-0.25, -0.2) is 0 Å². The second-order valence-electron chi connectivity index (χ2n) is 20.9. The summed E-state index contributed by atoms with van der Waals surface area (Å²) in [6.45, 7) is 38.9. The van der Waals surface area contributed by atoms with Crippen molar-refractivity contribution < 1.29 is 42.9 Å². The van der Waals surface area contributed by atoms with Gasteiger partial charge in [0.1, 0.15) is 13.2 Å². The molecule has 324 valence electrons. The van der Waals surface area contributed by atoms with Crippen LogP contribution in [-0.4, -0.2) is 62.5 Å². The number of esters is 4. The number of rotatable bonds is 27. The topological polar surface area (TPSA) is 114 Å². The fraction of sp³-hybridized carbons (Fsp3) is 0.913. The Kier molecular flexibility index (Phi) is 21.2. The van der Waals surface area contributed by atoms with Crippen LogP contribution in [0.5, 0.6) is 0 Å². The highest BCUT2D eigenvalue weighted by Crippen LogP contribution is 2.41. The Morgan fingerprint density at radius 3 is 1.33 bits per heavy atom. The molecule has 0 saturated heterocycles. The van der Waals surface area contributed by atoms with Crippen molar-refractivity contribution in [3.05, 3.63) is 0 Å². The van der Waals surface area contributed by atoms with Gasteiger partial charge in [-0.15, -0.1) is 0 Å². The lowest BCUT2D eigenvalue weighted by Gasteiger charge is -2.37. The molecule has 0 aromatic heterocycles. The van der Waals surface area contributed by atoms with Gasteiger partial charge in [0.2, 0.25) is 0 Å². The quantitative estimate of drug-likeness (QED) is 0.0593. The zero-order valence-corrected chi connectivity index (χ0v) is 39.0. The second kappa shape index (κ2) is 22.1. The molecule has 3 atom stereocenters. The largest absolute Gasteiger partial charge is 0.462 e. The van der Waals surface area contributed by atoms with Crippen LogP contribution in [0.25, 0.3) is 0 Å². The first-order valence-electron chi connectivity index (χ1n) is 21.2. The third kappa shape index (κ3) is 18.3. The lowest BCUT2D eigenvalue weighted by molar-refractivity contribution is -0.179. The van der Waals surface area contributed by atoms with Crippen LogP contribution in [0.1, 0.15) is 183 Å². The van der Waals surface area contributed by atoms with Crippen molar-refractivity contribution in [2.75, 3.05) is 26.4 Å². The molecular formula is C46H86O9. The third-order valence-corrected chi connectivity index (χ3v) is 13.1. The summed E-state index contributed by atoms with van der Waals surface area (Å²) in [5.74, 6) is -0.304. The molecule has 0 bridgehead atoms. The Bertz CT molecular complexity index is 1190. The molecule has 0 fully saturated rings. The van der Waals surface area contributed by atoms with Crippen molar-refractivity contribution in [2.24, 2.45) is 50.2 Å². The fourth-order valence-electron chi connectivity index (χ4n) is 5.74. The average molecular weight is 783 g/mol. The van der Waals surface area contributed by atoms with Gasteiger partial charge >= 0.3 is 23.9 Å². The van der Waals surface area contributed by atoms with E-state index < -0.39 is 40.4 Å². The van der Waals surface area contributed by atoms with Crippen molar-refractivity contribution in [2.45, 2.75) is 195 Å². The maximum absolute atomic E-state index is 13.7. The molecule has 0 aromatic rings. The number of carbonyl (C=O) groups excluding carboxylic acids is 4. The number of carbonyl (C=O) groups is 4. The van der Waals surface area contributed by atoms with Gasteiger partial charge in [0.15, 0.2) is 12.2 Å². The minimum Gasteiger partial charge on any atom is -0.462 e. The molecule has 0 aliphatic heterocycles. The molecule has 3 unspecified atom stereocenters. The maximum atomic E-state index is 13.7. The summed E-state index contributed by atoms with van der Waals surface area (Å²) in [5, 5.41) is 0. The third-order valence-electron chi connectivity index (χ3n) is 13.1. The first-order valence-corrected chi connectivity index (χ1v) is 21.2. The van der Waals surface area contributed by atoms with Crippen LogP contribution >= 0.6 is 0 Å². The summed E-state index contributed by atoms with van der Waals surface area (Å²) in [6, 6.07) is 0. The smallest absolute Gasteiger partial charge is 0.312 e. The Morgan fingerprint density at radius 1 is 0.491 bits per heavy atom. The van der Waals surface area contributed by atoms with Crippen molar-refractivity contribution in [3.63, 3.8) is 0 Å². The zero-order chi connectivity index (χ0) is 43.2. The SMILES string of the molecule is CCCC(=O)OCC(COCC(COC(=O)C(C)(CC)CCC(C)(C)C(C)C)OC(=O)C(C)(C)CCC(C)(C)C(C)C)OC(=O)C(C)(C)CC(C)(C)C(C)C. The molecule has 0 N–H and O–H groups in total. The van der Waals surface area contributed by atoms with Crippen LogP contribution in [-0.2, 0) is 42.9 Å². The highest BCUT2D eigenvalue weighted by molar-refractivity contribution is 5.77. The zero-order valence-electron chi connectivity index (χ0n) is 39.0. The predicted molar refractivity (Wildman–Crippen MR) is 222 cm³/mol. The first-order chi connectivity index (χ1) is 24.9. The summed E-state index contributed by atoms with van der Waals surface area (Å²) in [7, 11) is 0. The van der Waals surface area contributed by atoms with E-state index in [0.717, 1.165) is 12.8 Å². The van der Waals surface area contributed by atoms with Gasteiger partial charge in [0, 0.05) is 6.42 Å². The normalized spacial score (nSPS) is 15.5. The van der Waals surface area contributed by atoms with E-state index >= 15 is 0 Å². The van der Waals surface area contributed by atoms with Crippen LogP contribution in [0, 0.1) is 50.2 Å². The van der Waals surface area contributed by atoms with Gasteiger partial charge in [-0.2, -0.15) is 0 Å². The van der Waals surface area contributed by atoms with Gasteiger partial charge in [-0.1, -0.05) is 96.9 Å². The lowest BCUT2D eigenvalue weighted by atomic mass is 9.69. The van der Waals surface area contributed by atoms with Gasteiger partial charge < -0.3 is 23.7 Å². The Balaban J connectivity index is 6.22. The molecular weight excluding hydrogens is 696 g/mol. The first kappa shape index (κ1) is 52.8. The summed E-state index contributed by atoms with van der Waals surface area (Å²) in [6.07, 6.45) is 3.25. The van der Waals surface area contributed by atoms with Crippen LogP contribution in [0.4, 0.5) is 0 Å². The summed E-state index contributed by atoms with van der Waals surface area (Å²) < 4.78 is 29.5. The van der Waals surface area contributed by atoms with Gasteiger partial charge in [0.05, 0.1) is 29.5 Å². The predicted octanol–water partition coefficient (Wildman–Crippen LogP) is 11.2. The highest BCUT2D eigenvalue weighted by Gasteiger charge is 2.40. The van der Waals surface area contributed by atoms with Crippen LogP contribution < -0.4 is 0 Å². The molecule has 0 aliphatic carbocycles. The van der Waals surface area contributed by atoms with Gasteiger partial charge in [-0.3, -0.25) is 19.2 Å². The van der Waals surface area contributed by atoms with Crippen LogP contribution in [0.2, 0.25) is 0 Å². The molecule has 0 amide bonds. The van der Waals surface area contributed by atoms with E-state index in [2.05, 4.69) is 83.1 Å². The molecule has 0 heterocycles. The molecule has 0 spiro atoms. The van der Waals surface area contributed by atoms with E-state index in [1.54, 1.807) is 0 Å². The van der Waals surface area contributed by atoms with Crippen molar-refractivity contribution in [1.82, 2.24) is 0 Å². The lowest BCUT2D eigenvalue weighted by Crippen LogP contribution is -2.40. The van der Waals surface area contributed by atoms with E-state index in [1.807, 2.05) is 48.5 Å². The summed E-state index contributed by atoms with van der Waals surface area (Å²) in [4.78, 5) is 53.3. The average Bonchev–Trinajstić information content (AvgIpc) is 3.06. The molecule has 9 heteroatoms. The van der Waals surface area contributed by atoms with E-state index in [4.69, 9.17) is 23.7 Å². The number of hydrogen-bond donors (Lipinski definition) is 0. The standard InChI is InChI=1S/C46H86O9/c1-20-22-37(47)52-29-35(55-39(49)45(17,18)31-44(15,16)34(7)8)27-51-28-36(54-38(48)43(13,14)24-23-41(9,10)32(3)4)30-53-40(50)46(19,21-2)26-25-42(11,12)33(5)6/h32-36H,20-31H2,1-19H3. The maximum Gasteiger partial charge on any atom is 0.312 e. The van der Waals surface area contributed by atoms with Crippen molar-refractivity contribution in [3.8, 4) is 0 Å². The summed E-state index contributed by atoms with van der Waals surface area (Å²) in [5.41, 5.74) is -2.33. The van der Waals surface area contributed by atoms with Crippen LogP contribution in [0.3, 0.4) is 0 Å². The van der Waals surface area contributed by atoms with Gasteiger partial charge in [0.25, 0.3) is 0 Å². The van der Waals surface area contributed by atoms with Crippen molar-refractivity contribution in [1.29, 1.82) is 0 Å². The monoisotopic (exact) mass is 783 g/mol. The second-order valence-corrected chi connectivity index (χ2v) is 20.9. The van der Waals surface area contributed by atoms with E-state index in [0.29, 0.717) is 49.9 Å². The molecule has 55 heavy (non-hydrogen) atoms. The minimum atomic E-state index is -0.913. The Hall–Kier alpha value is -2.16. The molecule has 0 radical (unpaired) electrons. The van der Waals surface area contributed by atoms with E-state index in [-0.39, 0.29) is 61.0 Å². The van der Waals surface area contributed by atoms with Crippen LogP contribution in [0.15, 0.2) is 0 Å². The minimum absolute atomic E-state index is 0.0382. The molecule has 0 aromatic carbocycles. The number of ether oxygens (including phenoxy) is 5. The van der Waals surface area contributed by atoms with E-state index in [9.17, 15) is 19.2 Å². The fourth-order valence-corrected chi connectivity index (χ4v) is 5.74. The molecule has 9 nitrogen and oxygen atoms in total. The van der Waals surface area contributed by atoms with E-state index in [1.165, 1.54) is 0 Å².